The first-order valence-corrected chi connectivity index (χ1v) is 11.7. The summed E-state index contributed by atoms with van der Waals surface area (Å²) in [7, 11) is 0. The van der Waals surface area contributed by atoms with Crippen LogP contribution in [-0.4, -0.2) is 36.0 Å². The van der Waals surface area contributed by atoms with Gasteiger partial charge in [0, 0.05) is 6.42 Å². The van der Waals surface area contributed by atoms with E-state index in [4.69, 9.17) is 15.2 Å². The van der Waals surface area contributed by atoms with Crippen molar-refractivity contribution in [3.05, 3.63) is 108 Å². The Bertz CT molecular complexity index is 1170. The molecule has 9 heteroatoms. The molecule has 4 N–H and O–H groups in total. The Morgan fingerprint density at radius 2 is 1.14 bits per heavy atom. The minimum Gasteiger partial charge on any atom is -0.461 e. The van der Waals surface area contributed by atoms with Gasteiger partial charge in [-0.3, -0.25) is 14.4 Å². The molecule has 9 nitrogen and oxygen atoms in total. The maximum Gasteiger partial charge on any atom is 0.408 e. The highest BCUT2D eigenvalue weighted by Gasteiger charge is 2.28. The minimum absolute atomic E-state index is 0.0174. The van der Waals surface area contributed by atoms with Crippen molar-refractivity contribution in [2.75, 3.05) is 0 Å². The zero-order chi connectivity index (χ0) is 26.5. The summed E-state index contributed by atoms with van der Waals surface area (Å²) in [6.07, 6.45) is -1.14. The first-order valence-electron chi connectivity index (χ1n) is 11.7. The van der Waals surface area contributed by atoms with Gasteiger partial charge in [-0.05, 0) is 16.7 Å². The lowest BCUT2D eigenvalue weighted by molar-refractivity contribution is -0.147. The number of nitrogens with two attached hydrogens (primary N) is 1. The van der Waals surface area contributed by atoms with Crippen molar-refractivity contribution >= 4 is 23.9 Å². The number of benzene rings is 3. The molecule has 2 atom stereocenters. The second-order valence-corrected chi connectivity index (χ2v) is 8.26. The summed E-state index contributed by atoms with van der Waals surface area (Å²) < 4.78 is 10.4. The first kappa shape index (κ1) is 26.9. The summed E-state index contributed by atoms with van der Waals surface area (Å²) in [6, 6.07) is 24.7. The third-order valence-corrected chi connectivity index (χ3v) is 5.38. The highest BCUT2D eigenvalue weighted by Crippen LogP contribution is 2.07. The predicted molar refractivity (Wildman–Crippen MR) is 136 cm³/mol. The van der Waals surface area contributed by atoms with E-state index < -0.39 is 42.4 Å². The minimum atomic E-state index is -1.32. The van der Waals surface area contributed by atoms with Gasteiger partial charge in [-0.25, -0.2) is 4.79 Å². The fraction of sp³-hybridized carbons (Fsp3) is 0.214. The lowest BCUT2D eigenvalue weighted by Crippen LogP contribution is -2.54. The molecule has 0 aliphatic heterocycles. The molecular weight excluding hydrogens is 474 g/mol. The Morgan fingerprint density at radius 1 is 0.649 bits per heavy atom. The van der Waals surface area contributed by atoms with E-state index in [2.05, 4.69) is 10.6 Å². The topological polar surface area (TPSA) is 137 Å². The number of alkyl carbamates (subject to hydrolysis) is 1. The van der Waals surface area contributed by atoms with Crippen molar-refractivity contribution in [1.29, 1.82) is 0 Å². The molecule has 0 saturated heterocycles. The molecule has 0 aromatic heterocycles. The van der Waals surface area contributed by atoms with Crippen LogP contribution >= 0.6 is 0 Å². The van der Waals surface area contributed by atoms with E-state index in [0.717, 1.165) is 16.7 Å². The van der Waals surface area contributed by atoms with Crippen LogP contribution in [0, 0.1) is 0 Å². The van der Waals surface area contributed by atoms with Crippen LogP contribution in [-0.2, 0) is 43.5 Å². The molecule has 0 aliphatic carbocycles. The summed E-state index contributed by atoms with van der Waals surface area (Å²) >= 11 is 0. The van der Waals surface area contributed by atoms with E-state index in [-0.39, 0.29) is 19.6 Å². The fourth-order valence-corrected chi connectivity index (χ4v) is 3.42. The summed E-state index contributed by atoms with van der Waals surface area (Å²) in [6.45, 7) is 0.0358. The maximum absolute atomic E-state index is 13.1. The third-order valence-electron chi connectivity index (χ3n) is 5.38. The molecule has 192 valence electrons. The SMILES string of the molecule is NC(=O)[C@@H](CC(=O)OCc1ccccc1)NC(=O)[C@@H](Cc1ccccc1)NC(=O)OCc1ccccc1. The molecular formula is C28H29N3O6. The molecule has 3 aromatic rings. The zero-order valence-electron chi connectivity index (χ0n) is 20.2. The van der Waals surface area contributed by atoms with Gasteiger partial charge in [0.25, 0.3) is 0 Å². The maximum atomic E-state index is 13.1. The normalized spacial score (nSPS) is 12.0. The van der Waals surface area contributed by atoms with E-state index in [1.807, 2.05) is 30.3 Å². The average molecular weight is 504 g/mol. The fourth-order valence-electron chi connectivity index (χ4n) is 3.42. The van der Waals surface area contributed by atoms with Crippen molar-refractivity contribution in [2.24, 2.45) is 5.73 Å². The second-order valence-electron chi connectivity index (χ2n) is 8.26. The summed E-state index contributed by atoms with van der Waals surface area (Å²) in [5.74, 6) is -2.31. The van der Waals surface area contributed by atoms with E-state index in [0.29, 0.717) is 0 Å². The van der Waals surface area contributed by atoms with Gasteiger partial charge < -0.3 is 25.8 Å². The van der Waals surface area contributed by atoms with Crippen LogP contribution in [0.2, 0.25) is 0 Å². The number of esters is 1. The molecule has 0 spiro atoms. The standard InChI is InChI=1S/C28H29N3O6/c29-26(33)23(17-25(32)36-18-21-12-6-2-7-13-21)30-27(34)24(16-20-10-4-1-5-11-20)31-28(35)37-19-22-14-8-3-9-15-22/h1-15,23-24H,16-19H2,(H2,29,33)(H,30,34)(H,31,35)/t23-,24-/m1/s1. The highest BCUT2D eigenvalue weighted by atomic mass is 16.5. The van der Waals surface area contributed by atoms with Crippen LogP contribution in [0.4, 0.5) is 4.79 Å². The monoisotopic (exact) mass is 503 g/mol. The Balaban J connectivity index is 1.61. The summed E-state index contributed by atoms with van der Waals surface area (Å²) in [5, 5.41) is 5.00. The van der Waals surface area contributed by atoms with Crippen molar-refractivity contribution in [3.8, 4) is 0 Å². The zero-order valence-corrected chi connectivity index (χ0v) is 20.2. The first-order chi connectivity index (χ1) is 17.9. The molecule has 0 heterocycles. The van der Waals surface area contributed by atoms with Crippen LogP contribution in [0.5, 0.6) is 0 Å². The molecule has 0 fully saturated rings. The van der Waals surface area contributed by atoms with Crippen LogP contribution in [0.25, 0.3) is 0 Å². The van der Waals surface area contributed by atoms with Gasteiger partial charge in [-0.1, -0.05) is 91.0 Å². The summed E-state index contributed by atoms with van der Waals surface area (Å²) in [5.41, 5.74) is 7.76. The van der Waals surface area contributed by atoms with Crippen LogP contribution in [0.1, 0.15) is 23.1 Å². The average Bonchev–Trinajstić information content (AvgIpc) is 2.91. The van der Waals surface area contributed by atoms with Gasteiger partial charge in [0.1, 0.15) is 25.3 Å². The van der Waals surface area contributed by atoms with E-state index in [9.17, 15) is 19.2 Å². The van der Waals surface area contributed by atoms with E-state index in [1.54, 1.807) is 60.7 Å². The number of carbonyl (C=O) groups excluding carboxylic acids is 4. The molecule has 3 rings (SSSR count). The summed E-state index contributed by atoms with van der Waals surface area (Å²) in [4.78, 5) is 49.8. The third kappa shape index (κ3) is 9.48. The lowest BCUT2D eigenvalue weighted by Gasteiger charge is -2.21. The van der Waals surface area contributed by atoms with Gasteiger partial charge >= 0.3 is 12.1 Å². The Morgan fingerprint density at radius 3 is 1.65 bits per heavy atom. The molecule has 37 heavy (non-hydrogen) atoms. The second kappa shape index (κ2) is 14.0. The van der Waals surface area contributed by atoms with Gasteiger partial charge in [0.05, 0.1) is 6.42 Å². The van der Waals surface area contributed by atoms with Crippen molar-refractivity contribution in [2.45, 2.75) is 38.1 Å². The molecule has 0 unspecified atom stereocenters. The number of hydrogen-bond acceptors (Lipinski definition) is 6. The van der Waals surface area contributed by atoms with Gasteiger partial charge in [-0.2, -0.15) is 0 Å². The number of nitrogens with one attached hydrogen (secondary N) is 2. The van der Waals surface area contributed by atoms with Gasteiger partial charge in [-0.15, -0.1) is 0 Å². The molecule has 0 aliphatic rings. The number of primary amides is 1. The molecule has 0 bridgehead atoms. The Labute approximate surface area is 215 Å². The number of hydrogen-bond donors (Lipinski definition) is 3. The van der Waals surface area contributed by atoms with E-state index >= 15 is 0 Å². The highest BCUT2D eigenvalue weighted by molar-refractivity contribution is 5.93. The quantitative estimate of drug-likeness (QED) is 0.325. The molecule has 0 radical (unpaired) electrons. The Kier molecular flexibility index (Phi) is 10.2. The van der Waals surface area contributed by atoms with Gasteiger partial charge in [0.2, 0.25) is 11.8 Å². The lowest BCUT2D eigenvalue weighted by atomic mass is 10.0. The smallest absolute Gasteiger partial charge is 0.408 e. The van der Waals surface area contributed by atoms with Crippen LogP contribution in [0.15, 0.2) is 91.0 Å². The van der Waals surface area contributed by atoms with Crippen LogP contribution < -0.4 is 16.4 Å². The number of rotatable bonds is 12. The number of amides is 3. The van der Waals surface area contributed by atoms with Crippen LogP contribution in [0.3, 0.4) is 0 Å². The molecule has 0 saturated carbocycles. The molecule has 3 aromatic carbocycles. The van der Waals surface area contributed by atoms with Gasteiger partial charge in [0.15, 0.2) is 0 Å². The van der Waals surface area contributed by atoms with Crippen molar-refractivity contribution in [3.63, 3.8) is 0 Å². The Hall–Kier alpha value is -4.66. The van der Waals surface area contributed by atoms with Crippen molar-refractivity contribution in [1.82, 2.24) is 10.6 Å². The predicted octanol–water partition coefficient (Wildman–Crippen LogP) is 2.63. The number of ether oxygens (including phenoxy) is 2. The van der Waals surface area contributed by atoms with E-state index in [1.165, 1.54) is 0 Å². The molecule has 3 amide bonds. The van der Waals surface area contributed by atoms with Crippen molar-refractivity contribution < 1.29 is 28.7 Å². The largest absolute Gasteiger partial charge is 0.461 e. The number of carbonyl (C=O) groups is 4.